The van der Waals surface area contributed by atoms with E-state index in [1.807, 2.05) is 0 Å². The molecular weight excluding hydrogens is 234 g/mol. The van der Waals surface area contributed by atoms with E-state index in [1.165, 1.54) is 7.11 Å². The van der Waals surface area contributed by atoms with Crippen LogP contribution in [0.25, 0.3) is 0 Å². The largest absolute Gasteiger partial charge is 0.496 e. The standard InChI is InChI=1S/C13H17NO4/c1-18-12-6-3-2-5-10(12)11(15)9-14-8-4-7-13(16)17/h2-3,5-6,14H,4,7-9H2,1H3,(H,16,17). The van der Waals surface area contributed by atoms with Crippen molar-refractivity contribution < 1.29 is 19.4 Å². The summed E-state index contributed by atoms with van der Waals surface area (Å²) in [5.41, 5.74) is 0.533. The zero-order valence-corrected chi connectivity index (χ0v) is 10.3. The fourth-order valence-corrected chi connectivity index (χ4v) is 1.54. The number of hydrogen-bond acceptors (Lipinski definition) is 4. The first-order valence-corrected chi connectivity index (χ1v) is 5.74. The molecule has 0 aromatic heterocycles. The van der Waals surface area contributed by atoms with Gasteiger partial charge in [0, 0.05) is 6.42 Å². The first kappa shape index (κ1) is 14.2. The van der Waals surface area contributed by atoms with Crippen LogP contribution < -0.4 is 10.1 Å². The molecule has 0 unspecified atom stereocenters. The Balaban J connectivity index is 2.38. The zero-order chi connectivity index (χ0) is 13.4. The summed E-state index contributed by atoms with van der Waals surface area (Å²) in [6.45, 7) is 0.688. The Labute approximate surface area is 106 Å². The number of hydrogen-bond donors (Lipinski definition) is 2. The quantitative estimate of drug-likeness (QED) is 0.538. The summed E-state index contributed by atoms with van der Waals surface area (Å²) >= 11 is 0. The van der Waals surface area contributed by atoms with Gasteiger partial charge in [0.25, 0.3) is 0 Å². The molecule has 1 rings (SSSR count). The number of para-hydroxylation sites is 1. The number of rotatable bonds is 8. The number of nitrogens with one attached hydrogen (secondary N) is 1. The highest BCUT2D eigenvalue weighted by molar-refractivity contribution is 6.00. The fourth-order valence-electron chi connectivity index (χ4n) is 1.54. The number of carboxylic acid groups (broad SMARTS) is 1. The van der Waals surface area contributed by atoms with Crippen LogP contribution in [0.15, 0.2) is 24.3 Å². The van der Waals surface area contributed by atoms with Crippen LogP contribution in [0.2, 0.25) is 0 Å². The molecule has 0 aliphatic heterocycles. The number of ether oxygens (including phenoxy) is 1. The summed E-state index contributed by atoms with van der Waals surface area (Å²) in [7, 11) is 1.52. The number of Topliss-reactive ketones (excluding diaryl/α,β-unsaturated/α-hetero) is 1. The van der Waals surface area contributed by atoms with E-state index in [9.17, 15) is 9.59 Å². The average Bonchev–Trinajstić information content (AvgIpc) is 2.37. The second kappa shape index (κ2) is 7.45. The first-order chi connectivity index (χ1) is 8.65. The smallest absolute Gasteiger partial charge is 0.303 e. The van der Waals surface area contributed by atoms with E-state index in [4.69, 9.17) is 9.84 Å². The molecule has 0 aliphatic carbocycles. The Morgan fingerprint density at radius 2 is 2.06 bits per heavy atom. The van der Waals surface area contributed by atoms with Crippen molar-refractivity contribution in [1.82, 2.24) is 5.32 Å². The highest BCUT2D eigenvalue weighted by Crippen LogP contribution is 2.17. The first-order valence-electron chi connectivity index (χ1n) is 5.74. The van der Waals surface area contributed by atoms with E-state index in [-0.39, 0.29) is 18.7 Å². The predicted molar refractivity (Wildman–Crippen MR) is 67.1 cm³/mol. The van der Waals surface area contributed by atoms with Crippen LogP contribution in [-0.2, 0) is 4.79 Å². The lowest BCUT2D eigenvalue weighted by Gasteiger charge is -2.07. The van der Waals surface area contributed by atoms with Crippen molar-refractivity contribution in [3.05, 3.63) is 29.8 Å². The Bertz CT molecular complexity index is 417. The van der Waals surface area contributed by atoms with E-state index < -0.39 is 5.97 Å². The second-order valence-electron chi connectivity index (χ2n) is 3.80. The van der Waals surface area contributed by atoms with Gasteiger partial charge in [-0.05, 0) is 25.1 Å². The van der Waals surface area contributed by atoms with Gasteiger partial charge in [-0.25, -0.2) is 0 Å². The van der Waals surface area contributed by atoms with Crippen molar-refractivity contribution in [1.29, 1.82) is 0 Å². The van der Waals surface area contributed by atoms with E-state index in [0.717, 1.165) is 0 Å². The SMILES string of the molecule is COc1ccccc1C(=O)CNCCCC(=O)O. The van der Waals surface area contributed by atoms with Crippen molar-refractivity contribution in [2.24, 2.45) is 0 Å². The van der Waals surface area contributed by atoms with Crippen LogP contribution in [0.1, 0.15) is 23.2 Å². The minimum absolute atomic E-state index is 0.0669. The monoisotopic (exact) mass is 251 g/mol. The van der Waals surface area contributed by atoms with Crippen molar-refractivity contribution in [3.8, 4) is 5.75 Å². The van der Waals surface area contributed by atoms with Crippen molar-refractivity contribution in [2.45, 2.75) is 12.8 Å². The van der Waals surface area contributed by atoms with E-state index >= 15 is 0 Å². The van der Waals surface area contributed by atoms with Crippen LogP contribution in [0.4, 0.5) is 0 Å². The number of carbonyl (C=O) groups excluding carboxylic acids is 1. The highest BCUT2D eigenvalue weighted by Gasteiger charge is 2.10. The lowest BCUT2D eigenvalue weighted by molar-refractivity contribution is -0.137. The number of carboxylic acids is 1. The minimum Gasteiger partial charge on any atom is -0.496 e. The molecule has 1 aromatic rings. The topological polar surface area (TPSA) is 75.6 Å². The molecule has 5 nitrogen and oxygen atoms in total. The maximum Gasteiger partial charge on any atom is 0.303 e. The van der Waals surface area contributed by atoms with Gasteiger partial charge in [0.1, 0.15) is 5.75 Å². The van der Waals surface area contributed by atoms with Gasteiger partial charge in [-0.2, -0.15) is 0 Å². The lowest BCUT2D eigenvalue weighted by Crippen LogP contribution is -2.24. The molecule has 98 valence electrons. The van der Waals surface area contributed by atoms with Crippen LogP contribution in [0.3, 0.4) is 0 Å². The minimum atomic E-state index is -0.826. The zero-order valence-electron chi connectivity index (χ0n) is 10.3. The molecule has 0 aliphatic rings. The summed E-state index contributed by atoms with van der Waals surface area (Å²) < 4.78 is 5.10. The molecule has 0 saturated heterocycles. The molecule has 0 atom stereocenters. The molecule has 0 heterocycles. The number of benzene rings is 1. The van der Waals surface area contributed by atoms with Gasteiger partial charge in [0.2, 0.25) is 0 Å². The summed E-state index contributed by atoms with van der Waals surface area (Å²) in [6.07, 6.45) is 0.615. The second-order valence-corrected chi connectivity index (χ2v) is 3.80. The van der Waals surface area contributed by atoms with Gasteiger partial charge in [-0.3, -0.25) is 9.59 Å². The molecule has 0 fully saturated rings. The molecule has 0 bridgehead atoms. The fraction of sp³-hybridized carbons (Fsp3) is 0.385. The third-order valence-electron chi connectivity index (χ3n) is 2.44. The number of methoxy groups -OCH3 is 1. The summed E-state index contributed by atoms with van der Waals surface area (Å²) in [6, 6.07) is 7.02. The van der Waals surface area contributed by atoms with Gasteiger partial charge in [0.05, 0.1) is 19.2 Å². The molecule has 5 heteroatoms. The average molecular weight is 251 g/mol. The van der Waals surface area contributed by atoms with Crippen LogP contribution in [-0.4, -0.2) is 37.1 Å². The third-order valence-corrected chi connectivity index (χ3v) is 2.44. The van der Waals surface area contributed by atoms with Gasteiger partial charge in [-0.15, -0.1) is 0 Å². The maximum atomic E-state index is 11.9. The summed E-state index contributed by atoms with van der Waals surface area (Å²) in [4.78, 5) is 22.2. The molecule has 0 amide bonds. The molecule has 0 spiro atoms. The van der Waals surface area contributed by atoms with Gasteiger partial charge >= 0.3 is 5.97 Å². The Morgan fingerprint density at radius 3 is 2.72 bits per heavy atom. The van der Waals surface area contributed by atoms with Crippen molar-refractivity contribution in [3.63, 3.8) is 0 Å². The Morgan fingerprint density at radius 1 is 1.33 bits per heavy atom. The summed E-state index contributed by atoms with van der Waals surface area (Å²) in [5.74, 6) is -0.342. The van der Waals surface area contributed by atoms with Gasteiger partial charge in [-0.1, -0.05) is 12.1 Å². The lowest BCUT2D eigenvalue weighted by atomic mass is 10.1. The highest BCUT2D eigenvalue weighted by atomic mass is 16.5. The Hall–Kier alpha value is -1.88. The molecule has 1 aromatic carbocycles. The molecule has 0 radical (unpaired) electrons. The number of ketones is 1. The Kier molecular flexibility index (Phi) is 5.87. The molecule has 0 saturated carbocycles. The van der Waals surface area contributed by atoms with E-state index in [1.54, 1.807) is 24.3 Å². The van der Waals surface area contributed by atoms with E-state index in [0.29, 0.717) is 24.3 Å². The van der Waals surface area contributed by atoms with Crippen molar-refractivity contribution in [2.75, 3.05) is 20.2 Å². The van der Waals surface area contributed by atoms with Gasteiger partial charge < -0.3 is 15.2 Å². The van der Waals surface area contributed by atoms with Crippen molar-refractivity contribution >= 4 is 11.8 Å². The van der Waals surface area contributed by atoms with E-state index in [2.05, 4.69) is 5.32 Å². The van der Waals surface area contributed by atoms with Crippen LogP contribution in [0.5, 0.6) is 5.75 Å². The summed E-state index contributed by atoms with van der Waals surface area (Å²) in [5, 5.41) is 11.4. The predicted octanol–water partition coefficient (Wildman–Crippen LogP) is 1.33. The molecule has 2 N–H and O–H groups in total. The normalized spacial score (nSPS) is 10.1. The molecule has 18 heavy (non-hydrogen) atoms. The van der Waals surface area contributed by atoms with Crippen LogP contribution >= 0.6 is 0 Å². The third kappa shape index (κ3) is 4.55. The van der Waals surface area contributed by atoms with Gasteiger partial charge in [0.15, 0.2) is 5.78 Å². The number of carbonyl (C=O) groups is 2. The van der Waals surface area contributed by atoms with Crippen LogP contribution in [0, 0.1) is 0 Å². The maximum absolute atomic E-state index is 11.9. The number of aliphatic carboxylic acids is 1. The molecular formula is C13H17NO4.